The van der Waals surface area contributed by atoms with Crippen LogP contribution in [0.3, 0.4) is 0 Å². The van der Waals surface area contributed by atoms with Crippen molar-refractivity contribution in [2.45, 2.75) is 12.3 Å². The van der Waals surface area contributed by atoms with E-state index in [1.165, 1.54) is 12.1 Å². The zero-order valence-electron chi connectivity index (χ0n) is 13.4. The highest BCUT2D eigenvalue weighted by Crippen LogP contribution is 2.49. The van der Waals surface area contributed by atoms with Crippen molar-refractivity contribution < 1.29 is 18.4 Å². The van der Waals surface area contributed by atoms with Crippen molar-refractivity contribution in [1.82, 2.24) is 10.2 Å². The normalized spacial score (nSPS) is 18.7. The van der Waals surface area contributed by atoms with Gasteiger partial charge in [-0.15, -0.1) is 0 Å². The van der Waals surface area contributed by atoms with Crippen LogP contribution in [0.2, 0.25) is 0 Å². The smallest absolute Gasteiger partial charge is 0.269 e. The van der Waals surface area contributed by atoms with E-state index in [0.717, 1.165) is 6.07 Å². The number of fused-ring (bicyclic) bond motifs is 1. The van der Waals surface area contributed by atoms with Crippen LogP contribution < -0.4 is 11.1 Å². The highest BCUT2D eigenvalue weighted by Gasteiger charge is 2.45. The summed E-state index contributed by atoms with van der Waals surface area (Å²) >= 11 is 0. The second kappa shape index (κ2) is 5.91. The Morgan fingerprint density at radius 2 is 2.04 bits per heavy atom. The lowest BCUT2D eigenvalue weighted by Gasteiger charge is -2.06. The minimum Gasteiger partial charge on any atom is -0.364 e. The summed E-state index contributed by atoms with van der Waals surface area (Å²) in [4.78, 5) is 23.8. The van der Waals surface area contributed by atoms with Gasteiger partial charge in [0, 0.05) is 17.0 Å². The average molecular weight is 356 g/mol. The fourth-order valence-electron chi connectivity index (χ4n) is 3.15. The van der Waals surface area contributed by atoms with Crippen molar-refractivity contribution in [3.63, 3.8) is 0 Å². The van der Waals surface area contributed by atoms with E-state index in [4.69, 9.17) is 5.73 Å². The van der Waals surface area contributed by atoms with Gasteiger partial charge >= 0.3 is 0 Å². The molecule has 0 aliphatic heterocycles. The molecule has 1 heterocycles. The minimum absolute atomic E-state index is 0.0854. The van der Waals surface area contributed by atoms with E-state index in [1.807, 2.05) is 0 Å². The first kappa shape index (κ1) is 16.2. The van der Waals surface area contributed by atoms with Gasteiger partial charge in [-0.1, -0.05) is 12.1 Å². The van der Waals surface area contributed by atoms with Crippen LogP contribution in [-0.4, -0.2) is 22.0 Å². The van der Waals surface area contributed by atoms with E-state index in [-0.39, 0.29) is 23.1 Å². The zero-order valence-corrected chi connectivity index (χ0v) is 13.4. The van der Waals surface area contributed by atoms with Gasteiger partial charge in [-0.05, 0) is 42.2 Å². The van der Waals surface area contributed by atoms with Crippen molar-refractivity contribution >= 4 is 28.4 Å². The molecule has 8 heteroatoms. The number of primary amides is 1. The second-order valence-corrected chi connectivity index (χ2v) is 6.28. The molecule has 2 amide bonds. The largest absolute Gasteiger partial charge is 0.364 e. The maximum absolute atomic E-state index is 13.9. The molecule has 1 fully saturated rings. The van der Waals surface area contributed by atoms with Crippen molar-refractivity contribution in [3.05, 3.63) is 59.3 Å². The van der Waals surface area contributed by atoms with Gasteiger partial charge in [0.2, 0.25) is 5.91 Å². The second-order valence-electron chi connectivity index (χ2n) is 6.28. The molecule has 132 valence electrons. The number of H-pyrrole nitrogens is 1. The summed E-state index contributed by atoms with van der Waals surface area (Å²) in [6.07, 6.45) is 0.451. The standard InChI is InChI=1S/C18H14F2N4O2/c19-13-3-1-2-9(15(13)20)10-7-11(10)18(26)22-8-4-5-14-12(6-8)16(17(21)25)24-23-14/h1-6,10-11H,7H2,(H2,21,25)(H,22,26)(H,23,24). The fourth-order valence-corrected chi connectivity index (χ4v) is 3.15. The lowest BCUT2D eigenvalue weighted by Crippen LogP contribution is -2.15. The van der Waals surface area contributed by atoms with E-state index in [1.54, 1.807) is 18.2 Å². The molecule has 2 unspecified atom stereocenters. The third kappa shape index (κ3) is 2.69. The van der Waals surface area contributed by atoms with Crippen LogP contribution >= 0.6 is 0 Å². The Bertz CT molecular complexity index is 1050. The molecule has 1 saturated carbocycles. The van der Waals surface area contributed by atoms with Crippen molar-refractivity contribution in [2.75, 3.05) is 5.32 Å². The van der Waals surface area contributed by atoms with Gasteiger partial charge in [0.25, 0.3) is 5.91 Å². The number of hydrogen-bond acceptors (Lipinski definition) is 3. The number of aromatic amines is 1. The zero-order chi connectivity index (χ0) is 18.4. The number of rotatable bonds is 4. The first-order valence-electron chi connectivity index (χ1n) is 7.98. The first-order chi connectivity index (χ1) is 12.5. The van der Waals surface area contributed by atoms with Gasteiger partial charge in [-0.25, -0.2) is 8.78 Å². The van der Waals surface area contributed by atoms with Crippen LogP contribution in [0.4, 0.5) is 14.5 Å². The molecule has 0 saturated heterocycles. The molecule has 2 atom stereocenters. The summed E-state index contributed by atoms with van der Waals surface area (Å²) in [5, 5.41) is 9.76. The fraction of sp³-hybridized carbons (Fsp3) is 0.167. The Labute approximate surface area is 146 Å². The molecule has 0 radical (unpaired) electrons. The Kier molecular flexibility index (Phi) is 3.68. The number of benzene rings is 2. The summed E-state index contributed by atoms with van der Waals surface area (Å²) in [5.74, 6) is -3.56. The van der Waals surface area contributed by atoms with Crippen LogP contribution in [0.15, 0.2) is 36.4 Å². The summed E-state index contributed by atoms with van der Waals surface area (Å²) in [6.45, 7) is 0. The molecule has 1 aliphatic rings. The van der Waals surface area contributed by atoms with E-state index in [9.17, 15) is 18.4 Å². The SMILES string of the molecule is NC(=O)c1n[nH]c2ccc(NC(=O)C3CC3c3cccc(F)c3F)cc12. The third-order valence-electron chi connectivity index (χ3n) is 4.57. The number of amides is 2. The number of carbonyl (C=O) groups excluding carboxylic acids is 2. The van der Waals surface area contributed by atoms with Crippen LogP contribution in [0.1, 0.15) is 28.4 Å². The number of anilines is 1. The molecule has 1 aromatic heterocycles. The van der Waals surface area contributed by atoms with Gasteiger partial charge < -0.3 is 11.1 Å². The predicted octanol–water partition coefficient (Wildman–Crippen LogP) is 2.68. The van der Waals surface area contributed by atoms with E-state index >= 15 is 0 Å². The molecule has 3 aromatic rings. The van der Waals surface area contributed by atoms with Crippen LogP contribution in [0.5, 0.6) is 0 Å². The third-order valence-corrected chi connectivity index (χ3v) is 4.57. The minimum atomic E-state index is -0.919. The Balaban J connectivity index is 1.52. The van der Waals surface area contributed by atoms with Crippen molar-refractivity contribution in [2.24, 2.45) is 11.7 Å². The molecular formula is C18H14F2N4O2. The molecular weight excluding hydrogens is 342 g/mol. The summed E-state index contributed by atoms with van der Waals surface area (Å²) < 4.78 is 27.2. The van der Waals surface area contributed by atoms with E-state index < -0.39 is 23.5 Å². The first-order valence-corrected chi connectivity index (χ1v) is 7.98. The number of halogens is 2. The van der Waals surface area contributed by atoms with E-state index in [0.29, 0.717) is 23.0 Å². The number of hydrogen-bond donors (Lipinski definition) is 3. The van der Waals surface area contributed by atoms with Gasteiger partial charge in [-0.2, -0.15) is 5.10 Å². The van der Waals surface area contributed by atoms with Crippen molar-refractivity contribution in [1.29, 1.82) is 0 Å². The average Bonchev–Trinajstić information content (AvgIpc) is 3.29. The van der Waals surface area contributed by atoms with Gasteiger partial charge in [0.05, 0.1) is 5.52 Å². The number of nitrogens with zero attached hydrogens (tertiary/aromatic N) is 1. The highest BCUT2D eigenvalue weighted by atomic mass is 19.2. The molecule has 0 bridgehead atoms. The topological polar surface area (TPSA) is 101 Å². The quantitative estimate of drug-likeness (QED) is 0.670. The lowest BCUT2D eigenvalue weighted by molar-refractivity contribution is -0.117. The summed E-state index contributed by atoms with van der Waals surface area (Å²) in [7, 11) is 0. The van der Waals surface area contributed by atoms with Gasteiger partial charge in [0.15, 0.2) is 17.3 Å². The van der Waals surface area contributed by atoms with Crippen molar-refractivity contribution in [3.8, 4) is 0 Å². The molecule has 1 aliphatic carbocycles. The Morgan fingerprint density at radius 1 is 1.23 bits per heavy atom. The molecule has 2 aromatic carbocycles. The number of nitrogens with one attached hydrogen (secondary N) is 2. The predicted molar refractivity (Wildman–Crippen MR) is 90.4 cm³/mol. The molecule has 0 spiro atoms. The Morgan fingerprint density at radius 3 is 2.81 bits per heavy atom. The monoisotopic (exact) mass is 356 g/mol. The van der Waals surface area contributed by atoms with Crippen LogP contribution in [0, 0.1) is 17.6 Å². The maximum Gasteiger partial charge on any atom is 0.269 e. The highest BCUT2D eigenvalue weighted by molar-refractivity contribution is 6.05. The van der Waals surface area contributed by atoms with Crippen LogP contribution in [0.25, 0.3) is 10.9 Å². The molecule has 26 heavy (non-hydrogen) atoms. The molecule has 6 nitrogen and oxygen atoms in total. The lowest BCUT2D eigenvalue weighted by atomic mass is 10.1. The van der Waals surface area contributed by atoms with Crippen LogP contribution in [-0.2, 0) is 4.79 Å². The van der Waals surface area contributed by atoms with Gasteiger partial charge in [-0.3, -0.25) is 14.7 Å². The Hall–Kier alpha value is -3.29. The van der Waals surface area contributed by atoms with Gasteiger partial charge in [0.1, 0.15) is 0 Å². The number of aromatic nitrogens is 2. The summed E-state index contributed by atoms with van der Waals surface area (Å²) in [5.41, 5.74) is 6.65. The maximum atomic E-state index is 13.9. The summed E-state index contributed by atoms with van der Waals surface area (Å²) in [6, 6.07) is 8.89. The number of nitrogens with two attached hydrogens (primary N) is 1. The van der Waals surface area contributed by atoms with E-state index in [2.05, 4.69) is 15.5 Å². The number of carbonyl (C=O) groups is 2. The molecule has 4 N–H and O–H groups in total. The molecule has 4 rings (SSSR count).